The Bertz CT molecular complexity index is 1710. The molecule has 2 aromatic heterocycles. The highest BCUT2D eigenvalue weighted by molar-refractivity contribution is 6.10. The topological polar surface area (TPSA) is 134 Å². The molecule has 0 saturated heterocycles. The van der Waals surface area contributed by atoms with Gasteiger partial charge >= 0.3 is 11.9 Å². The van der Waals surface area contributed by atoms with Crippen molar-refractivity contribution in [2.75, 3.05) is 13.2 Å². The van der Waals surface area contributed by atoms with Crippen LogP contribution in [0.2, 0.25) is 0 Å². The number of aromatic nitrogens is 2. The van der Waals surface area contributed by atoms with Crippen LogP contribution in [-0.2, 0) is 17.6 Å². The maximum Gasteiger partial charge on any atom is 0.341 e. The third kappa shape index (κ3) is 7.07. The lowest BCUT2D eigenvalue weighted by Gasteiger charge is -2.04. The molecule has 0 unspecified atom stereocenters. The van der Waals surface area contributed by atoms with Gasteiger partial charge in [-0.3, -0.25) is 20.0 Å². The number of carboxylic acids is 1. The van der Waals surface area contributed by atoms with Crippen molar-refractivity contribution in [1.29, 1.82) is 0 Å². The second-order valence-corrected chi connectivity index (χ2v) is 9.83. The quantitative estimate of drug-likeness (QED) is 0.277. The molecule has 0 atom stereocenters. The molecule has 9 heteroatoms. The van der Waals surface area contributed by atoms with Crippen LogP contribution in [0, 0.1) is 13.8 Å². The molecule has 220 valence electrons. The number of carbonyl (C=O) groups is 2. The van der Waals surface area contributed by atoms with Gasteiger partial charge in [0, 0.05) is 55.4 Å². The number of esters is 1. The summed E-state index contributed by atoms with van der Waals surface area (Å²) in [7, 11) is 0. The number of nitrogens with zero attached hydrogens (tertiary/aromatic N) is 4. The molecule has 2 aliphatic heterocycles. The van der Waals surface area contributed by atoms with Crippen LogP contribution < -0.4 is 0 Å². The summed E-state index contributed by atoms with van der Waals surface area (Å²) in [5, 5.41) is 16.7. The Hall–Kier alpha value is -5.02. The molecule has 4 aromatic rings. The van der Waals surface area contributed by atoms with Gasteiger partial charge in [-0.2, -0.15) is 0 Å². The smallest absolute Gasteiger partial charge is 0.341 e. The van der Waals surface area contributed by atoms with Crippen molar-refractivity contribution >= 4 is 34.7 Å². The van der Waals surface area contributed by atoms with Crippen LogP contribution in [0.4, 0.5) is 11.4 Å². The number of ether oxygens (including phenoxy) is 1. The molecule has 9 nitrogen and oxygen atoms in total. The lowest BCUT2D eigenvalue weighted by molar-refractivity contribution is 0.0526. The number of aliphatic hydroxyl groups excluding tert-OH is 1. The Labute approximate surface area is 250 Å². The lowest BCUT2D eigenvalue weighted by atomic mass is 10.0. The number of hydrogen-bond acceptors (Lipinski definition) is 8. The monoisotopic (exact) mass is 578 g/mol. The van der Waals surface area contributed by atoms with E-state index in [1.807, 2.05) is 43.3 Å². The maximum absolute atomic E-state index is 12.0. The van der Waals surface area contributed by atoms with Crippen molar-refractivity contribution in [2.45, 2.75) is 40.5 Å². The Kier molecular flexibility index (Phi) is 10.2. The van der Waals surface area contributed by atoms with Gasteiger partial charge < -0.3 is 14.9 Å². The first-order chi connectivity index (χ1) is 20.8. The summed E-state index contributed by atoms with van der Waals surface area (Å²) in [5.74, 6) is -1.35. The van der Waals surface area contributed by atoms with Gasteiger partial charge in [0.2, 0.25) is 0 Å². The SMILES string of the molecule is CCO.CCOC(=O)c1cncc2c1N=C(c1ccccc1C)C2.Cc1ccccc1C1=Nc2c(cncc2C(=O)O)C1. The first-order valence-corrected chi connectivity index (χ1v) is 14.0. The molecule has 0 amide bonds. The Balaban J connectivity index is 0.000000181. The summed E-state index contributed by atoms with van der Waals surface area (Å²) in [6, 6.07) is 16.1. The second-order valence-electron chi connectivity index (χ2n) is 9.83. The highest BCUT2D eigenvalue weighted by Gasteiger charge is 2.24. The van der Waals surface area contributed by atoms with E-state index in [0.29, 0.717) is 36.4 Å². The fraction of sp³-hybridized carbons (Fsp3) is 0.235. The van der Waals surface area contributed by atoms with Crippen molar-refractivity contribution in [3.8, 4) is 0 Å². The predicted octanol–water partition coefficient (Wildman–Crippen LogP) is 6.01. The van der Waals surface area contributed by atoms with Gasteiger partial charge in [0.25, 0.3) is 0 Å². The second kappa shape index (κ2) is 14.2. The van der Waals surface area contributed by atoms with E-state index < -0.39 is 5.97 Å². The molecule has 6 rings (SSSR count). The average molecular weight is 579 g/mol. The number of rotatable bonds is 5. The molecular formula is C34H34N4O5. The van der Waals surface area contributed by atoms with Gasteiger partial charge in [-0.05, 0) is 49.9 Å². The number of benzene rings is 2. The van der Waals surface area contributed by atoms with Gasteiger partial charge in [0.1, 0.15) is 11.1 Å². The normalized spacial score (nSPS) is 12.4. The van der Waals surface area contributed by atoms with E-state index in [1.165, 1.54) is 18.0 Å². The van der Waals surface area contributed by atoms with Crippen molar-refractivity contribution in [1.82, 2.24) is 9.97 Å². The van der Waals surface area contributed by atoms with E-state index in [1.54, 1.807) is 26.2 Å². The molecular weight excluding hydrogens is 544 g/mol. The third-order valence-corrected chi connectivity index (χ3v) is 6.83. The fourth-order valence-corrected chi connectivity index (χ4v) is 4.85. The number of aryl methyl sites for hydroxylation is 2. The van der Waals surface area contributed by atoms with Crippen LogP contribution in [0.5, 0.6) is 0 Å². The average Bonchev–Trinajstić information content (AvgIpc) is 3.63. The molecule has 0 spiro atoms. The van der Waals surface area contributed by atoms with Crippen molar-refractivity contribution < 1.29 is 24.5 Å². The first kappa shape index (κ1) is 30.9. The van der Waals surface area contributed by atoms with Gasteiger partial charge in [-0.15, -0.1) is 0 Å². The van der Waals surface area contributed by atoms with Gasteiger partial charge in [0.15, 0.2) is 0 Å². The van der Waals surface area contributed by atoms with E-state index in [9.17, 15) is 9.59 Å². The zero-order valence-electron chi connectivity index (χ0n) is 24.7. The van der Waals surface area contributed by atoms with E-state index in [2.05, 4.69) is 39.0 Å². The molecule has 0 aliphatic carbocycles. The molecule has 0 bridgehead atoms. The molecule has 0 saturated carbocycles. The standard InChI is InChI=1S/C17H16N2O2.C15H12N2O2.C2H6O/c1-3-21-17(20)14-10-18-9-12-8-15(19-16(12)14)13-7-5-4-6-11(13)2;1-9-4-2-3-5-11(9)13-6-10-7-16-8-12(15(18)19)14(10)17-13;1-2-3/h4-7,9-10H,3,8H2,1-2H3;2-5,7-8H,6H2,1H3,(H,18,19);3H,2H2,1H3. The van der Waals surface area contributed by atoms with E-state index in [4.69, 9.17) is 14.9 Å². The number of aliphatic hydroxyl groups is 1. The Morgan fingerprint density at radius 1 is 0.744 bits per heavy atom. The van der Waals surface area contributed by atoms with Gasteiger partial charge in [-0.25, -0.2) is 9.59 Å². The van der Waals surface area contributed by atoms with Gasteiger partial charge in [0.05, 0.1) is 29.4 Å². The zero-order chi connectivity index (χ0) is 30.9. The summed E-state index contributed by atoms with van der Waals surface area (Å²) < 4.78 is 5.07. The summed E-state index contributed by atoms with van der Waals surface area (Å²) in [5.41, 5.74) is 10.1. The number of carboxylic acid groups (broad SMARTS) is 1. The number of aromatic carboxylic acids is 1. The largest absolute Gasteiger partial charge is 0.478 e. The predicted molar refractivity (Wildman–Crippen MR) is 166 cm³/mol. The van der Waals surface area contributed by atoms with Crippen molar-refractivity contribution in [2.24, 2.45) is 9.98 Å². The Morgan fingerprint density at radius 2 is 1.19 bits per heavy atom. The van der Waals surface area contributed by atoms with Crippen molar-refractivity contribution in [3.63, 3.8) is 0 Å². The van der Waals surface area contributed by atoms with E-state index >= 15 is 0 Å². The number of aliphatic imine (C=N–C) groups is 2. The van der Waals surface area contributed by atoms with Crippen LogP contribution in [0.3, 0.4) is 0 Å². The summed E-state index contributed by atoms with van der Waals surface area (Å²) >= 11 is 0. The third-order valence-electron chi connectivity index (χ3n) is 6.83. The van der Waals surface area contributed by atoms with Crippen LogP contribution in [-0.4, -0.2) is 56.8 Å². The van der Waals surface area contributed by atoms with E-state index in [0.717, 1.165) is 39.2 Å². The van der Waals surface area contributed by atoms with Crippen LogP contribution in [0.1, 0.15) is 67.9 Å². The number of fused-ring (bicyclic) bond motifs is 2. The van der Waals surface area contributed by atoms with Crippen LogP contribution in [0.15, 0.2) is 83.3 Å². The highest BCUT2D eigenvalue weighted by atomic mass is 16.5. The minimum Gasteiger partial charge on any atom is -0.478 e. The van der Waals surface area contributed by atoms with Crippen molar-refractivity contribution in [3.05, 3.63) is 118 Å². The highest BCUT2D eigenvalue weighted by Crippen LogP contribution is 2.33. The number of pyridine rings is 2. The van der Waals surface area contributed by atoms with E-state index in [-0.39, 0.29) is 18.1 Å². The summed E-state index contributed by atoms with van der Waals surface area (Å²) in [4.78, 5) is 40.4. The minimum atomic E-state index is -0.987. The first-order valence-electron chi connectivity index (χ1n) is 14.0. The fourth-order valence-electron chi connectivity index (χ4n) is 4.85. The summed E-state index contributed by atoms with van der Waals surface area (Å²) in [6.45, 7) is 8.15. The molecule has 2 aromatic carbocycles. The number of hydrogen-bond donors (Lipinski definition) is 2. The molecule has 43 heavy (non-hydrogen) atoms. The Morgan fingerprint density at radius 3 is 1.63 bits per heavy atom. The molecule has 2 N–H and O–H groups in total. The summed E-state index contributed by atoms with van der Waals surface area (Å²) in [6.07, 6.45) is 7.67. The number of carbonyl (C=O) groups excluding carboxylic acids is 1. The molecule has 0 radical (unpaired) electrons. The molecule has 4 heterocycles. The van der Waals surface area contributed by atoms with Crippen LogP contribution in [0.25, 0.3) is 0 Å². The maximum atomic E-state index is 12.0. The molecule has 0 fully saturated rings. The minimum absolute atomic E-state index is 0.168. The van der Waals surface area contributed by atoms with Gasteiger partial charge in [-0.1, -0.05) is 48.5 Å². The van der Waals surface area contributed by atoms with Crippen LogP contribution >= 0.6 is 0 Å². The lowest BCUT2D eigenvalue weighted by Crippen LogP contribution is -2.05. The zero-order valence-corrected chi connectivity index (χ0v) is 24.7. The molecule has 2 aliphatic rings.